The van der Waals surface area contributed by atoms with Crippen LogP contribution in [0.3, 0.4) is 0 Å². The van der Waals surface area contributed by atoms with Gasteiger partial charge in [0.15, 0.2) is 5.65 Å². The number of hydrogen-bond donors (Lipinski definition) is 2. The van der Waals surface area contributed by atoms with E-state index < -0.39 is 0 Å². The van der Waals surface area contributed by atoms with E-state index in [4.69, 9.17) is 9.72 Å². The largest absolute Gasteiger partial charge is 1.00 e. The van der Waals surface area contributed by atoms with Gasteiger partial charge in [0.2, 0.25) is 5.88 Å². The number of aryl methyl sites for hydroxylation is 1. The molecule has 1 aliphatic heterocycles. The summed E-state index contributed by atoms with van der Waals surface area (Å²) in [6.45, 7) is 10.4. The van der Waals surface area contributed by atoms with Gasteiger partial charge in [0.05, 0.1) is 18.7 Å². The SMILES string of the molecule is CCn1c(=O)c2cccn2c2nc(OCCC[NH+]3CC[NH+](Cc4ccccc4)CC3)ccc21.[Cl-].[Cl-]. The highest BCUT2D eigenvalue weighted by Crippen LogP contribution is 2.17. The fraction of sp³-hybridized carbons (Fsp3) is 0.385. The minimum absolute atomic E-state index is 0. The second-order valence-corrected chi connectivity index (χ2v) is 8.92. The Morgan fingerprint density at radius 1 is 0.914 bits per heavy atom. The maximum absolute atomic E-state index is 12.7. The molecule has 0 saturated carbocycles. The summed E-state index contributed by atoms with van der Waals surface area (Å²) in [6, 6.07) is 18.3. The number of halogens is 2. The monoisotopic (exact) mass is 517 g/mol. The fourth-order valence-electron chi connectivity index (χ4n) is 4.96. The summed E-state index contributed by atoms with van der Waals surface area (Å²) in [4.78, 5) is 20.8. The first-order chi connectivity index (χ1) is 16.2. The number of nitrogens with zero attached hydrogens (tertiary/aromatic N) is 3. The van der Waals surface area contributed by atoms with Gasteiger partial charge < -0.3 is 43.9 Å². The lowest BCUT2D eigenvalue weighted by Crippen LogP contribution is -3.27. The number of benzene rings is 1. The minimum atomic E-state index is 0. The van der Waals surface area contributed by atoms with Crippen molar-refractivity contribution in [2.75, 3.05) is 39.3 Å². The van der Waals surface area contributed by atoms with Gasteiger partial charge in [-0.1, -0.05) is 30.3 Å². The van der Waals surface area contributed by atoms with E-state index in [0.717, 1.165) is 30.7 Å². The first kappa shape index (κ1) is 27.0. The van der Waals surface area contributed by atoms with Gasteiger partial charge in [-0.2, -0.15) is 4.98 Å². The van der Waals surface area contributed by atoms with Crippen LogP contribution in [0.15, 0.2) is 65.6 Å². The zero-order valence-electron chi connectivity index (χ0n) is 20.1. The van der Waals surface area contributed by atoms with Crippen LogP contribution in [-0.2, 0) is 13.1 Å². The summed E-state index contributed by atoms with van der Waals surface area (Å²) in [5.74, 6) is 0.617. The molecule has 35 heavy (non-hydrogen) atoms. The van der Waals surface area contributed by atoms with Crippen molar-refractivity contribution in [1.29, 1.82) is 0 Å². The van der Waals surface area contributed by atoms with Crippen LogP contribution in [-0.4, -0.2) is 53.3 Å². The Balaban J connectivity index is 0.00000171. The lowest BCUT2D eigenvalue weighted by molar-refractivity contribution is -1.02. The molecular formula is C26H33Cl2N5O2. The smallest absolute Gasteiger partial charge is 0.275 e. The van der Waals surface area contributed by atoms with Crippen LogP contribution in [0.25, 0.3) is 16.7 Å². The normalized spacial score (nSPS) is 17.6. The molecule has 2 N–H and O–H groups in total. The molecule has 0 aliphatic carbocycles. The van der Waals surface area contributed by atoms with Crippen molar-refractivity contribution in [2.24, 2.45) is 0 Å². The van der Waals surface area contributed by atoms with Gasteiger partial charge in [0.1, 0.15) is 38.2 Å². The number of fused-ring (bicyclic) bond motifs is 3. The lowest BCUT2D eigenvalue weighted by Gasteiger charge is -2.29. The molecule has 7 nitrogen and oxygen atoms in total. The molecule has 0 bridgehead atoms. The minimum Gasteiger partial charge on any atom is -1.00 e. The third-order valence-corrected chi connectivity index (χ3v) is 6.76. The van der Waals surface area contributed by atoms with Gasteiger partial charge in [-0.3, -0.25) is 9.20 Å². The van der Waals surface area contributed by atoms with E-state index >= 15 is 0 Å². The zero-order chi connectivity index (χ0) is 22.6. The maximum Gasteiger partial charge on any atom is 0.275 e. The number of aromatic nitrogens is 3. The topological polar surface area (TPSA) is 57.4 Å². The standard InChI is InChI=1S/C26H31N5O2.2ClH/c1-2-30-22-11-12-24(27-25(22)31-14-6-10-23(31)26(30)32)33-19-7-13-28-15-17-29(18-16-28)20-21-8-4-3-5-9-21;;/h3-6,8-12,14H,2,7,13,15-20H2,1H3;2*1H. The Kier molecular flexibility index (Phi) is 9.57. The number of hydrogen-bond acceptors (Lipinski definition) is 3. The van der Waals surface area contributed by atoms with Crippen molar-refractivity contribution in [3.05, 3.63) is 76.7 Å². The van der Waals surface area contributed by atoms with E-state index in [1.54, 1.807) is 14.4 Å². The van der Waals surface area contributed by atoms with Crippen molar-refractivity contribution >= 4 is 16.7 Å². The van der Waals surface area contributed by atoms with E-state index in [0.29, 0.717) is 24.5 Å². The second-order valence-electron chi connectivity index (χ2n) is 8.92. The first-order valence-corrected chi connectivity index (χ1v) is 12.1. The molecule has 188 valence electrons. The van der Waals surface area contributed by atoms with Crippen LogP contribution in [0, 0.1) is 0 Å². The predicted molar refractivity (Wildman–Crippen MR) is 129 cm³/mol. The fourth-order valence-corrected chi connectivity index (χ4v) is 4.96. The van der Waals surface area contributed by atoms with Crippen molar-refractivity contribution in [1.82, 2.24) is 14.0 Å². The summed E-state index contributed by atoms with van der Waals surface area (Å²) < 4.78 is 9.63. The predicted octanol–water partition coefficient (Wildman–Crippen LogP) is -5.57. The molecule has 9 heteroatoms. The summed E-state index contributed by atoms with van der Waals surface area (Å²) in [7, 11) is 0. The Morgan fingerprint density at radius 2 is 1.66 bits per heavy atom. The third-order valence-electron chi connectivity index (χ3n) is 6.76. The highest BCUT2D eigenvalue weighted by atomic mass is 35.5. The average molecular weight is 518 g/mol. The molecule has 0 spiro atoms. The molecule has 4 aromatic rings. The Hall–Kier alpha value is -2.58. The number of quaternary nitrogens is 2. The average Bonchev–Trinajstić information content (AvgIpc) is 3.35. The summed E-state index contributed by atoms with van der Waals surface area (Å²) in [5.41, 5.74) is 3.68. The van der Waals surface area contributed by atoms with Gasteiger partial charge in [-0.25, -0.2) is 0 Å². The quantitative estimate of drug-likeness (QED) is 0.229. The molecule has 0 unspecified atom stereocenters. The molecule has 1 aromatic carbocycles. The summed E-state index contributed by atoms with van der Waals surface area (Å²) in [6.07, 6.45) is 2.90. The van der Waals surface area contributed by atoms with Crippen LogP contribution in [0.5, 0.6) is 5.88 Å². The maximum atomic E-state index is 12.7. The Bertz CT molecular complexity index is 1280. The van der Waals surface area contributed by atoms with Crippen LogP contribution in [0.4, 0.5) is 0 Å². The first-order valence-electron chi connectivity index (χ1n) is 12.1. The molecule has 3 aromatic heterocycles. The molecule has 1 saturated heterocycles. The van der Waals surface area contributed by atoms with Crippen LogP contribution >= 0.6 is 0 Å². The number of ether oxygens (including phenoxy) is 1. The Labute approximate surface area is 218 Å². The molecule has 0 radical (unpaired) electrons. The lowest BCUT2D eigenvalue weighted by atomic mass is 10.2. The third kappa shape index (κ3) is 5.98. The van der Waals surface area contributed by atoms with E-state index in [-0.39, 0.29) is 30.4 Å². The summed E-state index contributed by atoms with van der Waals surface area (Å²) in [5, 5.41) is 0. The molecule has 4 heterocycles. The Morgan fingerprint density at radius 3 is 2.40 bits per heavy atom. The number of rotatable bonds is 8. The molecule has 1 fully saturated rings. The van der Waals surface area contributed by atoms with Crippen molar-refractivity contribution < 1.29 is 39.4 Å². The van der Waals surface area contributed by atoms with Crippen molar-refractivity contribution in [3.8, 4) is 5.88 Å². The second kappa shape index (κ2) is 12.4. The van der Waals surface area contributed by atoms with Crippen molar-refractivity contribution in [3.63, 3.8) is 0 Å². The van der Waals surface area contributed by atoms with E-state index in [2.05, 4.69) is 30.3 Å². The molecule has 0 amide bonds. The highest BCUT2D eigenvalue weighted by molar-refractivity contribution is 5.75. The molecule has 0 atom stereocenters. The summed E-state index contributed by atoms with van der Waals surface area (Å²) >= 11 is 0. The number of piperazine rings is 1. The van der Waals surface area contributed by atoms with Crippen LogP contribution in [0.1, 0.15) is 18.9 Å². The van der Waals surface area contributed by atoms with E-state index in [1.165, 1.54) is 31.7 Å². The number of nitrogens with one attached hydrogen (secondary N) is 2. The molecule has 5 rings (SSSR count). The van der Waals surface area contributed by atoms with Gasteiger partial charge in [0, 0.05) is 30.8 Å². The van der Waals surface area contributed by atoms with Gasteiger partial charge >= 0.3 is 0 Å². The van der Waals surface area contributed by atoms with Gasteiger partial charge in [-0.05, 0) is 25.1 Å². The zero-order valence-corrected chi connectivity index (χ0v) is 21.6. The molecular weight excluding hydrogens is 485 g/mol. The van der Waals surface area contributed by atoms with Crippen LogP contribution < -0.4 is 44.9 Å². The van der Waals surface area contributed by atoms with E-state index in [1.807, 2.05) is 41.8 Å². The highest BCUT2D eigenvalue weighted by Gasteiger charge is 2.22. The van der Waals surface area contributed by atoms with Crippen LogP contribution in [0.2, 0.25) is 0 Å². The van der Waals surface area contributed by atoms with Crippen molar-refractivity contribution in [2.45, 2.75) is 26.4 Å². The molecule has 1 aliphatic rings. The van der Waals surface area contributed by atoms with Gasteiger partial charge in [0.25, 0.3) is 5.56 Å². The van der Waals surface area contributed by atoms with Gasteiger partial charge in [-0.15, -0.1) is 0 Å². The van der Waals surface area contributed by atoms with E-state index in [9.17, 15) is 4.79 Å². The number of pyridine rings is 1.